The van der Waals surface area contributed by atoms with Gasteiger partial charge < -0.3 is 5.73 Å². The molecule has 0 aliphatic carbocycles. The molecule has 4 heteroatoms. The van der Waals surface area contributed by atoms with E-state index in [1.165, 1.54) is 7.05 Å². The molecule has 0 aliphatic heterocycles. The Labute approximate surface area is 90.8 Å². The van der Waals surface area contributed by atoms with Gasteiger partial charge in [0.25, 0.3) is 5.91 Å². The van der Waals surface area contributed by atoms with Gasteiger partial charge in [0.05, 0.1) is 5.56 Å². The van der Waals surface area contributed by atoms with Gasteiger partial charge in [0, 0.05) is 12.7 Å². The minimum absolute atomic E-state index is 0.280. The molecule has 0 aliphatic rings. The summed E-state index contributed by atoms with van der Waals surface area (Å²) in [6.07, 6.45) is 0. The number of amides is 1. The number of anilines is 1. The first-order valence-electron chi connectivity index (χ1n) is 4.91. The van der Waals surface area contributed by atoms with Crippen LogP contribution in [0.2, 0.25) is 0 Å². The summed E-state index contributed by atoms with van der Waals surface area (Å²) in [5.41, 5.74) is 7.58. The Morgan fingerprint density at radius 2 is 1.87 bits per heavy atom. The van der Waals surface area contributed by atoms with Gasteiger partial charge in [-0.2, -0.15) is 0 Å². The lowest BCUT2D eigenvalue weighted by atomic mass is 10.1. The van der Waals surface area contributed by atoms with Crippen LogP contribution in [0.1, 0.15) is 29.8 Å². The Bertz CT molecular complexity index is 335. The topological polar surface area (TPSA) is 72.3 Å². The minimum atomic E-state index is -0.280. The highest BCUT2D eigenvalue weighted by atomic mass is 16.2. The summed E-state index contributed by atoms with van der Waals surface area (Å²) in [5.74, 6) is 5.02. The van der Waals surface area contributed by atoms with Crippen molar-refractivity contribution in [1.29, 1.82) is 0 Å². The molecule has 0 fully saturated rings. The summed E-state index contributed by atoms with van der Waals surface area (Å²) >= 11 is 0. The molecule has 0 saturated carbocycles. The van der Waals surface area contributed by atoms with Crippen LogP contribution in [0.25, 0.3) is 0 Å². The van der Waals surface area contributed by atoms with E-state index in [-0.39, 0.29) is 5.91 Å². The lowest BCUT2D eigenvalue weighted by Gasteiger charge is -2.11. The standard InChI is InChI=1S/C9H13N3O.C2H6/c1-6-3-4-7(8(10)5-6)9(13)12(2)11;1-2/h3-5H,10-11H2,1-2H3;1-2H3. The molecular formula is C11H19N3O. The molecule has 0 aromatic heterocycles. The van der Waals surface area contributed by atoms with Gasteiger partial charge >= 0.3 is 0 Å². The van der Waals surface area contributed by atoms with Crippen molar-refractivity contribution in [1.82, 2.24) is 5.01 Å². The Morgan fingerprint density at radius 3 is 2.27 bits per heavy atom. The van der Waals surface area contributed by atoms with Gasteiger partial charge in [-0.05, 0) is 24.6 Å². The molecule has 0 radical (unpaired) electrons. The fraction of sp³-hybridized carbons (Fsp3) is 0.364. The van der Waals surface area contributed by atoms with Crippen molar-refractivity contribution in [3.63, 3.8) is 0 Å². The van der Waals surface area contributed by atoms with E-state index in [9.17, 15) is 4.79 Å². The molecule has 0 heterocycles. The predicted octanol–water partition coefficient (Wildman–Crippen LogP) is 1.55. The van der Waals surface area contributed by atoms with E-state index in [4.69, 9.17) is 11.6 Å². The zero-order valence-electron chi connectivity index (χ0n) is 9.74. The van der Waals surface area contributed by atoms with E-state index >= 15 is 0 Å². The van der Waals surface area contributed by atoms with E-state index < -0.39 is 0 Å². The van der Waals surface area contributed by atoms with E-state index in [2.05, 4.69) is 0 Å². The van der Waals surface area contributed by atoms with Gasteiger partial charge in [0.15, 0.2) is 0 Å². The number of hydrogen-bond donors (Lipinski definition) is 2. The van der Waals surface area contributed by atoms with Crippen LogP contribution >= 0.6 is 0 Å². The normalized spacial score (nSPS) is 8.87. The third-order valence-electron chi connectivity index (χ3n) is 1.76. The summed E-state index contributed by atoms with van der Waals surface area (Å²) in [5, 5.41) is 1.01. The molecule has 1 rings (SSSR count). The average molecular weight is 209 g/mol. The smallest absolute Gasteiger partial charge is 0.269 e. The maximum atomic E-state index is 11.4. The molecule has 0 spiro atoms. The zero-order chi connectivity index (χ0) is 12.0. The Kier molecular flexibility index (Phi) is 5.41. The van der Waals surface area contributed by atoms with E-state index in [1.807, 2.05) is 26.8 Å². The van der Waals surface area contributed by atoms with Crippen LogP contribution in [-0.2, 0) is 0 Å². The van der Waals surface area contributed by atoms with Crippen molar-refractivity contribution < 1.29 is 4.79 Å². The monoisotopic (exact) mass is 209 g/mol. The van der Waals surface area contributed by atoms with Crippen LogP contribution in [0.4, 0.5) is 5.69 Å². The second-order valence-electron chi connectivity index (χ2n) is 3.01. The highest BCUT2D eigenvalue weighted by molar-refractivity contribution is 5.98. The average Bonchev–Trinajstić information content (AvgIpc) is 2.20. The van der Waals surface area contributed by atoms with Crippen LogP contribution in [-0.4, -0.2) is 18.0 Å². The van der Waals surface area contributed by atoms with Crippen LogP contribution in [0.3, 0.4) is 0 Å². The molecule has 0 atom stereocenters. The predicted molar refractivity (Wildman–Crippen MR) is 63.2 cm³/mol. The van der Waals surface area contributed by atoms with Crippen LogP contribution in [0.15, 0.2) is 18.2 Å². The quantitative estimate of drug-likeness (QED) is 0.319. The van der Waals surface area contributed by atoms with Gasteiger partial charge in [0.2, 0.25) is 0 Å². The summed E-state index contributed by atoms with van der Waals surface area (Å²) in [4.78, 5) is 11.4. The van der Waals surface area contributed by atoms with Crippen molar-refractivity contribution in [2.45, 2.75) is 20.8 Å². The molecule has 84 valence electrons. The summed E-state index contributed by atoms with van der Waals surface area (Å²) in [6, 6.07) is 5.25. The first kappa shape index (κ1) is 13.4. The minimum Gasteiger partial charge on any atom is -0.398 e. The van der Waals surface area contributed by atoms with Crippen molar-refractivity contribution in [3.05, 3.63) is 29.3 Å². The Hall–Kier alpha value is -1.55. The number of hydrogen-bond acceptors (Lipinski definition) is 3. The number of carbonyl (C=O) groups excluding carboxylic acids is 1. The first-order chi connectivity index (χ1) is 7.02. The lowest BCUT2D eigenvalue weighted by molar-refractivity contribution is 0.0796. The molecule has 1 aromatic rings. The third-order valence-corrected chi connectivity index (χ3v) is 1.76. The summed E-state index contributed by atoms with van der Waals surface area (Å²) < 4.78 is 0. The highest BCUT2D eigenvalue weighted by Gasteiger charge is 2.11. The number of benzene rings is 1. The van der Waals surface area contributed by atoms with Gasteiger partial charge in [0.1, 0.15) is 0 Å². The third kappa shape index (κ3) is 3.59. The van der Waals surface area contributed by atoms with Crippen molar-refractivity contribution in [3.8, 4) is 0 Å². The molecule has 15 heavy (non-hydrogen) atoms. The number of carbonyl (C=O) groups is 1. The van der Waals surface area contributed by atoms with Gasteiger partial charge in [-0.1, -0.05) is 19.9 Å². The number of nitrogens with zero attached hydrogens (tertiary/aromatic N) is 1. The van der Waals surface area contributed by atoms with Crippen molar-refractivity contribution in [2.75, 3.05) is 12.8 Å². The van der Waals surface area contributed by atoms with E-state index in [0.717, 1.165) is 10.6 Å². The maximum absolute atomic E-state index is 11.4. The fourth-order valence-corrected chi connectivity index (χ4v) is 1.07. The summed E-state index contributed by atoms with van der Waals surface area (Å²) in [7, 11) is 1.49. The van der Waals surface area contributed by atoms with Gasteiger partial charge in [-0.15, -0.1) is 0 Å². The highest BCUT2D eigenvalue weighted by Crippen LogP contribution is 2.14. The number of nitrogens with two attached hydrogens (primary N) is 2. The van der Waals surface area contributed by atoms with Crippen LogP contribution in [0, 0.1) is 6.92 Å². The van der Waals surface area contributed by atoms with Crippen molar-refractivity contribution in [2.24, 2.45) is 5.84 Å². The number of hydrazine groups is 1. The Morgan fingerprint density at radius 1 is 1.33 bits per heavy atom. The summed E-state index contributed by atoms with van der Waals surface area (Å²) in [6.45, 7) is 5.91. The zero-order valence-corrected chi connectivity index (χ0v) is 9.74. The molecule has 0 saturated heterocycles. The first-order valence-corrected chi connectivity index (χ1v) is 4.91. The second kappa shape index (κ2) is 6.03. The lowest BCUT2D eigenvalue weighted by Crippen LogP contribution is -2.33. The van der Waals surface area contributed by atoms with E-state index in [0.29, 0.717) is 11.3 Å². The molecule has 4 N–H and O–H groups in total. The fourth-order valence-electron chi connectivity index (χ4n) is 1.07. The number of rotatable bonds is 1. The molecule has 0 bridgehead atoms. The maximum Gasteiger partial charge on any atom is 0.269 e. The number of aryl methyl sites for hydroxylation is 1. The van der Waals surface area contributed by atoms with Crippen LogP contribution in [0.5, 0.6) is 0 Å². The van der Waals surface area contributed by atoms with Crippen LogP contribution < -0.4 is 11.6 Å². The largest absolute Gasteiger partial charge is 0.398 e. The van der Waals surface area contributed by atoms with Crippen molar-refractivity contribution >= 4 is 11.6 Å². The van der Waals surface area contributed by atoms with Gasteiger partial charge in [-0.25, -0.2) is 5.84 Å². The number of nitrogen functional groups attached to an aromatic ring is 1. The Balaban J connectivity index is 0.000000921. The SMILES string of the molecule is CC.Cc1ccc(C(=O)N(C)N)c(N)c1. The van der Waals surface area contributed by atoms with Gasteiger partial charge in [-0.3, -0.25) is 9.80 Å². The van der Waals surface area contributed by atoms with E-state index in [1.54, 1.807) is 12.1 Å². The molecule has 4 nitrogen and oxygen atoms in total. The second-order valence-corrected chi connectivity index (χ2v) is 3.01. The molecule has 0 unspecified atom stereocenters. The molecular weight excluding hydrogens is 190 g/mol. The molecule has 1 aromatic carbocycles. The molecule has 1 amide bonds.